The molecule has 68 valence electrons. The molecule has 1 aromatic heterocycles. The molecule has 0 bridgehead atoms. The van der Waals surface area contributed by atoms with Crippen LogP contribution >= 0.6 is 11.6 Å². The van der Waals surface area contributed by atoms with Crippen LogP contribution in [-0.4, -0.2) is 16.0 Å². The lowest BCUT2D eigenvalue weighted by atomic mass is 10.2. The average molecular weight is 197 g/mol. The number of nitriles is 1. The quantitative estimate of drug-likeness (QED) is 0.802. The van der Waals surface area contributed by atoms with Crippen LogP contribution in [0.5, 0.6) is 0 Å². The highest BCUT2D eigenvalue weighted by molar-refractivity contribution is 6.29. The smallest absolute Gasteiger partial charge is 0.149 e. The zero-order valence-corrected chi connectivity index (χ0v) is 7.91. The summed E-state index contributed by atoms with van der Waals surface area (Å²) in [6.07, 6.45) is 3.45. The van der Waals surface area contributed by atoms with Crippen LogP contribution in [-0.2, 0) is 0 Å². The Morgan fingerprint density at radius 3 is 3.08 bits per heavy atom. The molecule has 0 aliphatic carbocycles. The van der Waals surface area contributed by atoms with Crippen LogP contribution in [0.15, 0.2) is 12.4 Å². The van der Waals surface area contributed by atoms with Gasteiger partial charge in [0, 0.05) is 6.04 Å². The average Bonchev–Trinajstić information content (AvgIpc) is 2.04. The van der Waals surface area contributed by atoms with Crippen LogP contribution in [0.4, 0.5) is 5.82 Å². The first-order chi connectivity index (χ1) is 6.22. The van der Waals surface area contributed by atoms with Gasteiger partial charge in [0.05, 0.1) is 24.9 Å². The van der Waals surface area contributed by atoms with Crippen molar-refractivity contribution in [3.8, 4) is 6.07 Å². The summed E-state index contributed by atoms with van der Waals surface area (Å²) >= 11 is 5.63. The first kappa shape index (κ1) is 9.75. The van der Waals surface area contributed by atoms with Crippen LogP contribution in [0, 0.1) is 11.3 Å². The van der Waals surface area contributed by atoms with Crippen LogP contribution in [0.2, 0.25) is 5.15 Å². The molecular formula is C8H9ClN4. The number of nitrogens with one attached hydrogen (secondary N) is 1. The summed E-state index contributed by atoms with van der Waals surface area (Å²) in [5.74, 6) is 0.593. The summed E-state index contributed by atoms with van der Waals surface area (Å²) in [6, 6.07) is 2.11. The van der Waals surface area contributed by atoms with Gasteiger partial charge in [0.15, 0.2) is 0 Å². The van der Waals surface area contributed by atoms with Crippen molar-refractivity contribution in [1.82, 2.24) is 9.97 Å². The molecule has 1 aromatic rings. The summed E-state index contributed by atoms with van der Waals surface area (Å²) in [6.45, 7) is 1.89. The lowest BCUT2D eigenvalue weighted by Crippen LogP contribution is -2.15. The minimum absolute atomic E-state index is 0.0535. The van der Waals surface area contributed by atoms with E-state index in [0.29, 0.717) is 17.4 Å². The van der Waals surface area contributed by atoms with Gasteiger partial charge in [0.1, 0.15) is 11.0 Å². The fraction of sp³-hybridized carbons (Fsp3) is 0.375. The third kappa shape index (κ3) is 3.26. The molecule has 1 unspecified atom stereocenters. The second-order valence-corrected chi connectivity index (χ2v) is 3.02. The number of hydrogen-bond acceptors (Lipinski definition) is 4. The van der Waals surface area contributed by atoms with Gasteiger partial charge in [-0.1, -0.05) is 11.6 Å². The number of rotatable bonds is 3. The first-order valence-corrected chi connectivity index (χ1v) is 4.21. The van der Waals surface area contributed by atoms with Crippen molar-refractivity contribution >= 4 is 17.4 Å². The lowest BCUT2D eigenvalue weighted by Gasteiger charge is -2.09. The number of aromatic nitrogens is 2. The maximum Gasteiger partial charge on any atom is 0.149 e. The van der Waals surface area contributed by atoms with Gasteiger partial charge in [0.2, 0.25) is 0 Å². The van der Waals surface area contributed by atoms with Gasteiger partial charge < -0.3 is 5.32 Å². The van der Waals surface area contributed by atoms with E-state index in [9.17, 15) is 0 Å². The highest BCUT2D eigenvalue weighted by Gasteiger charge is 2.02. The monoisotopic (exact) mass is 196 g/mol. The zero-order valence-electron chi connectivity index (χ0n) is 7.16. The molecular weight excluding hydrogens is 188 g/mol. The zero-order chi connectivity index (χ0) is 9.68. The summed E-state index contributed by atoms with van der Waals surface area (Å²) in [7, 11) is 0. The van der Waals surface area contributed by atoms with Crippen molar-refractivity contribution in [3.05, 3.63) is 17.5 Å². The van der Waals surface area contributed by atoms with Gasteiger partial charge in [-0.15, -0.1) is 0 Å². The van der Waals surface area contributed by atoms with Crippen LogP contribution in [0.1, 0.15) is 13.3 Å². The molecule has 1 atom stereocenters. The van der Waals surface area contributed by atoms with E-state index in [1.165, 1.54) is 6.20 Å². The molecule has 1 heterocycles. The third-order valence-electron chi connectivity index (χ3n) is 1.40. The summed E-state index contributed by atoms with van der Waals surface area (Å²) in [5, 5.41) is 11.8. The Balaban J connectivity index is 2.59. The molecule has 0 aromatic carbocycles. The minimum atomic E-state index is 0.0535. The Bertz CT molecular complexity index is 320. The molecule has 0 fully saturated rings. The Hall–Kier alpha value is -1.34. The number of halogens is 1. The van der Waals surface area contributed by atoms with Crippen LogP contribution in [0.25, 0.3) is 0 Å². The lowest BCUT2D eigenvalue weighted by molar-refractivity contribution is 0.812. The van der Waals surface area contributed by atoms with E-state index in [-0.39, 0.29) is 6.04 Å². The predicted molar refractivity (Wildman–Crippen MR) is 50.4 cm³/mol. The molecule has 0 radical (unpaired) electrons. The van der Waals surface area contributed by atoms with Crippen molar-refractivity contribution in [2.75, 3.05) is 5.32 Å². The maximum atomic E-state index is 8.42. The van der Waals surface area contributed by atoms with Crippen molar-refractivity contribution < 1.29 is 0 Å². The van der Waals surface area contributed by atoms with Crippen molar-refractivity contribution in [2.24, 2.45) is 0 Å². The van der Waals surface area contributed by atoms with E-state index >= 15 is 0 Å². The number of nitrogens with zero attached hydrogens (tertiary/aromatic N) is 3. The van der Waals surface area contributed by atoms with Gasteiger partial charge in [-0.05, 0) is 6.92 Å². The number of hydrogen-bond donors (Lipinski definition) is 1. The van der Waals surface area contributed by atoms with E-state index < -0.39 is 0 Å². The molecule has 0 spiro atoms. The van der Waals surface area contributed by atoms with Crippen LogP contribution < -0.4 is 5.32 Å². The van der Waals surface area contributed by atoms with Gasteiger partial charge in [-0.3, -0.25) is 4.98 Å². The van der Waals surface area contributed by atoms with Crippen molar-refractivity contribution in [2.45, 2.75) is 19.4 Å². The van der Waals surface area contributed by atoms with Gasteiger partial charge >= 0.3 is 0 Å². The fourth-order valence-corrected chi connectivity index (χ4v) is 1.000. The third-order valence-corrected chi connectivity index (χ3v) is 1.58. The predicted octanol–water partition coefficient (Wildman–Crippen LogP) is 1.84. The molecule has 0 saturated carbocycles. The molecule has 0 aliphatic rings. The van der Waals surface area contributed by atoms with Gasteiger partial charge in [-0.2, -0.15) is 5.26 Å². The molecule has 4 nitrogen and oxygen atoms in total. The Morgan fingerprint density at radius 1 is 1.69 bits per heavy atom. The topological polar surface area (TPSA) is 61.6 Å². The van der Waals surface area contributed by atoms with Crippen molar-refractivity contribution in [1.29, 1.82) is 5.26 Å². The molecule has 0 saturated heterocycles. The largest absolute Gasteiger partial charge is 0.365 e. The standard InChI is InChI=1S/C8H9ClN4/c1-6(2-3-10)12-8-5-11-4-7(9)13-8/h4-6H,2H2,1H3,(H,12,13). The molecule has 1 rings (SSSR count). The SMILES string of the molecule is CC(CC#N)Nc1cncc(Cl)n1. The molecule has 0 aliphatic heterocycles. The molecule has 0 amide bonds. The van der Waals surface area contributed by atoms with E-state index in [4.69, 9.17) is 16.9 Å². The first-order valence-electron chi connectivity index (χ1n) is 3.83. The Kier molecular flexibility index (Phi) is 3.47. The minimum Gasteiger partial charge on any atom is -0.365 e. The highest BCUT2D eigenvalue weighted by atomic mass is 35.5. The van der Waals surface area contributed by atoms with Crippen molar-refractivity contribution in [3.63, 3.8) is 0 Å². The molecule has 1 N–H and O–H groups in total. The Morgan fingerprint density at radius 2 is 2.46 bits per heavy atom. The second kappa shape index (κ2) is 4.63. The molecule has 13 heavy (non-hydrogen) atoms. The summed E-state index contributed by atoms with van der Waals surface area (Å²) in [5.41, 5.74) is 0. The highest BCUT2D eigenvalue weighted by Crippen LogP contribution is 2.08. The second-order valence-electron chi connectivity index (χ2n) is 2.63. The van der Waals surface area contributed by atoms with E-state index in [0.717, 1.165) is 0 Å². The normalized spacial score (nSPS) is 11.8. The Labute approximate surface area is 81.6 Å². The maximum absolute atomic E-state index is 8.42. The fourth-order valence-electron chi connectivity index (χ4n) is 0.852. The van der Waals surface area contributed by atoms with E-state index in [2.05, 4.69) is 21.4 Å². The van der Waals surface area contributed by atoms with Crippen LogP contribution in [0.3, 0.4) is 0 Å². The van der Waals surface area contributed by atoms with E-state index in [1.54, 1.807) is 6.20 Å². The summed E-state index contributed by atoms with van der Waals surface area (Å²) in [4.78, 5) is 7.84. The summed E-state index contributed by atoms with van der Waals surface area (Å²) < 4.78 is 0. The number of anilines is 1. The van der Waals surface area contributed by atoms with E-state index in [1.807, 2.05) is 6.92 Å². The van der Waals surface area contributed by atoms with Gasteiger partial charge in [0.25, 0.3) is 0 Å². The molecule has 5 heteroatoms. The van der Waals surface area contributed by atoms with Gasteiger partial charge in [-0.25, -0.2) is 4.98 Å².